The van der Waals surface area contributed by atoms with Crippen LogP contribution in [0.3, 0.4) is 0 Å². The minimum absolute atomic E-state index is 0.235. The fourth-order valence-electron chi connectivity index (χ4n) is 4.67. The van der Waals surface area contributed by atoms with E-state index < -0.39 is 0 Å². The summed E-state index contributed by atoms with van der Waals surface area (Å²) in [7, 11) is 1.83. The Morgan fingerprint density at radius 3 is 2.43 bits per heavy atom. The Hall–Kier alpha value is -2.37. The molecule has 0 radical (unpaired) electrons. The van der Waals surface area contributed by atoms with Gasteiger partial charge in [-0.3, -0.25) is 9.89 Å². The highest BCUT2D eigenvalue weighted by atomic mass is 16.5. The first kappa shape index (κ1) is 20.9. The number of nitrogens with zero attached hydrogens (tertiary/aromatic N) is 2. The molecule has 2 aliphatic rings. The molecule has 160 valence electrons. The molecular weight excluding hydrogens is 372 g/mol. The first-order chi connectivity index (χ1) is 14.8. The summed E-state index contributed by atoms with van der Waals surface area (Å²) in [6, 6.07) is 22.2. The largest absolute Gasteiger partial charge is 0.373 e. The van der Waals surface area contributed by atoms with Crippen LogP contribution in [-0.2, 0) is 4.74 Å². The van der Waals surface area contributed by atoms with Crippen molar-refractivity contribution >= 4 is 5.96 Å². The Bertz CT molecular complexity index is 756. The number of aliphatic imine (C=N–C) groups is 1. The molecule has 0 amide bonds. The highest BCUT2D eigenvalue weighted by molar-refractivity contribution is 5.79. The molecule has 0 aromatic heterocycles. The van der Waals surface area contributed by atoms with Crippen LogP contribution in [0.1, 0.15) is 36.3 Å². The highest BCUT2D eigenvalue weighted by Gasteiger charge is 2.32. The third kappa shape index (κ3) is 5.41. The van der Waals surface area contributed by atoms with Crippen molar-refractivity contribution in [2.24, 2.45) is 4.99 Å². The van der Waals surface area contributed by atoms with Crippen LogP contribution >= 0.6 is 0 Å². The van der Waals surface area contributed by atoms with Crippen LogP contribution < -0.4 is 10.6 Å². The highest BCUT2D eigenvalue weighted by Crippen LogP contribution is 2.27. The Labute approximate surface area is 180 Å². The van der Waals surface area contributed by atoms with Gasteiger partial charge in [0.05, 0.1) is 12.7 Å². The van der Waals surface area contributed by atoms with E-state index in [0.717, 1.165) is 38.6 Å². The van der Waals surface area contributed by atoms with Crippen LogP contribution in [0.5, 0.6) is 0 Å². The third-order valence-electron chi connectivity index (χ3n) is 6.31. The van der Waals surface area contributed by atoms with E-state index in [-0.39, 0.29) is 6.10 Å². The monoisotopic (exact) mass is 406 g/mol. The maximum absolute atomic E-state index is 6.06. The van der Waals surface area contributed by atoms with E-state index in [9.17, 15) is 0 Å². The SMILES string of the molecule is CN=C(NCCC(c1ccccc1)c1ccccc1)NCC1CN2CCCC2CO1. The molecule has 5 heteroatoms. The zero-order valence-electron chi connectivity index (χ0n) is 18.0. The van der Waals surface area contributed by atoms with E-state index in [0.29, 0.717) is 12.0 Å². The summed E-state index contributed by atoms with van der Waals surface area (Å²) >= 11 is 0. The molecule has 4 rings (SSSR count). The van der Waals surface area contributed by atoms with Gasteiger partial charge in [0, 0.05) is 38.6 Å². The maximum atomic E-state index is 6.06. The molecular formula is C25H34N4O. The maximum Gasteiger partial charge on any atom is 0.191 e. The molecule has 2 unspecified atom stereocenters. The number of fused-ring (bicyclic) bond motifs is 1. The lowest BCUT2D eigenvalue weighted by Gasteiger charge is -2.35. The smallest absolute Gasteiger partial charge is 0.191 e. The quantitative estimate of drug-likeness (QED) is 0.548. The molecule has 2 atom stereocenters. The van der Waals surface area contributed by atoms with Crippen molar-refractivity contribution < 1.29 is 4.74 Å². The summed E-state index contributed by atoms with van der Waals surface area (Å²) < 4.78 is 6.06. The molecule has 2 aromatic rings. The van der Waals surface area contributed by atoms with Gasteiger partial charge >= 0.3 is 0 Å². The first-order valence-corrected chi connectivity index (χ1v) is 11.2. The predicted octanol–water partition coefficient (Wildman–Crippen LogP) is 3.24. The van der Waals surface area contributed by atoms with E-state index in [1.54, 1.807) is 0 Å². The number of ether oxygens (including phenoxy) is 1. The average Bonchev–Trinajstić information content (AvgIpc) is 3.28. The van der Waals surface area contributed by atoms with Crippen molar-refractivity contribution in [3.63, 3.8) is 0 Å². The van der Waals surface area contributed by atoms with Crippen LogP contribution in [0.2, 0.25) is 0 Å². The molecule has 2 N–H and O–H groups in total. The van der Waals surface area contributed by atoms with Gasteiger partial charge < -0.3 is 15.4 Å². The minimum atomic E-state index is 0.235. The van der Waals surface area contributed by atoms with Crippen molar-refractivity contribution in [2.75, 3.05) is 39.8 Å². The molecule has 2 heterocycles. The molecule has 2 aromatic carbocycles. The summed E-state index contributed by atoms with van der Waals surface area (Å²) in [6.45, 7) is 4.77. The van der Waals surface area contributed by atoms with Gasteiger partial charge in [-0.25, -0.2) is 0 Å². The van der Waals surface area contributed by atoms with Crippen molar-refractivity contribution in [1.29, 1.82) is 0 Å². The first-order valence-electron chi connectivity index (χ1n) is 11.2. The van der Waals surface area contributed by atoms with Gasteiger partial charge in [-0.2, -0.15) is 0 Å². The average molecular weight is 407 g/mol. The second-order valence-electron chi connectivity index (χ2n) is 8.29. The number of guanidine groups is 1. The lowest BCUT2D eigenvalue weighted by atomic mass is 9.88. The topological polar surface area (TPSA) is 48.9 Å². The molecule has 2 aliphatic heterocycles. The molecule has 2 fully saturated rings. The molecule has 0 spiro atoms. The third-order valence-corrected chi connectivity index (χ3v) is 6.31. The Balaban J connectivity index is 1.27. The van der Waals surface area contributed by atoms with Gasteiger partial charge in [0.15, 0.2) is 5.96 Å². The molecule has 0 bridgehead atoms. The van der Waals surface area contributed by atoms with E-state index in [2.05, 4.69) is 81.2 Å². The van der Waals surface area contributed by atoms with Crippen LogP contribution in [-0.4, -0.2) is 62.8 Å². The number of morpholine rings is 1. The number of nitrogens with one attached hydrogen (secondary N) is 2. The van der Waals surface area contributed by atoms with Crippen LogP contribution in [0.25, 0.3) is 0 Å². The molecule has 0 saturated carbocycles. The molecule has 0 aliphatic carbocycles. The summed E-state index contributed by atoms with van der Waals surface area (Å²) in [6.07, 6.45) is 3.83. The van der Waals surface area contributed by atoms with Crippen molar-refractivity contribution in [3.8, 4) is 0 Å². The summed E-state index contributed by atoms with van der Waals surface area (Å²) in [4.78, 5) is 6.99. The number of hydrogen-bond donors (Lipinski definition) is 2. The fraction of sp³-hybridized carbons (Fsp3) is 0.480. The minimum Gasteiger partial charge on any atom is -0.373 e. The number of benzene rings is 2. The fourth-order valence-corrected chi connectivity index (χ4v) is 4.67. The van der Waals surface area contributed by atoms with Crippen molar-refractivity contribution in [2.45, 2.75) is 37.3 Å². The van der Waals surface area contributed by atoms with Crippen LogP contribution in [0.4, 0.5) is 0 Å². The standard InChI is InChI=1S/C25H34N4O/c1-26-25(28-17-23-18-29-16-8-13-22(29)19-30-23)27-15-14-24(20-9-4-2-5-10-20)21-11-6-3-7-12-21/h2-7,9-12,22-24H,8,13-19H2,1H3,(H2,26,27,28). The second-order valence-corrected chi connectivity index (χ2v) is 8.29. The van der Waals surface area contributed by atoms with E-state index in [4.69, 9.17) is 4.74 Å². The van der Waals surface area contributed by atoms with E-state index in [1.165, 1.54) is 30.5 Å². The van der Waals surface area contributed by atoms with Crippen molar-refractivity contribution in [1.82, 2.24) is 15.5 Å². The van der Waals surface area contributed by atoms with Gasteiger partial charge in [-0.05, 0) is 36.9 Å². The number of rotatable bonds is 7. The molecule has 2 saturated heterocycles. The Morgan fingerprint density at radius 1 is 1.07 bits per heavy atom. The molecule has 30 heavy (non-hydrogen) atoms. The van der Waals surface area contributed by atoms with E-state index in [1.807, 2.05) is 7.05 Å². The lowest BCUT2D eigenvalue weighted by molar-refractivity contribution is -0.0453. The van der Waals surface area contributed by atoms with Crippen LogP contribution in [0.15, 0.2) is 65.7 Å². The predicted molar refractivity (Wildman–Crippen MR) is 123 cm³/mol. The Kier molecular flexibility index (Phi) is 7.38. The number of hydrogen-bond acceptors (Lipinski definition) is 3. The van der Waals surface area contributed by atoms with Gasteiger partial charge in [0.25, 0.3) is 0 Å². The summed E-state index contributed by atoms with van der Waals surface area (Å²) in [5.74, 6) is 1.22. The normalized spacial score (nSPS) is 22.1. The summed E-state index contributed by atoms with van der Waals surface area (Å²) in [5.41, 5.74) is 2.70. The van der Waals surface area contributed by atoms with Gasteiger partial charge in [-0.1, -0.05) is 60.7 Å². The second kappa shape index (κ2) is 10.6. The van der Waals surface area contributed by atoms with Crippen LogP contribution in [0, 0.1) is 0 Å². The lowest BCUT2D eigenvalue weighted by Crippen LogP contribution is -2.51. The zero-order valence-corrected chi connectivity index (χ0v) is 18.0. The Morgan fingerprint density at radius 2 is 1.77 bits per heavy atom. The zero-order chi connectivity index (χ0) is 20.6. The van der Waals surface area contributed by atoms with Gasteiger partial charge in [0.1, 0.15) is 0 Å². The summed E-state index contributed by atoms with van der Waals surface area (Å²) in [5, 5.41) is 6.95. The van der Waals surface area contributed by atoms with Gasteiger partial charge in [0.2, 0.25) is 0 Å². The van der Waals surface area contributed by atoms with E-state index >= 15 is 0 Å². The van der Waals surface area contributed by atoms with Crippen molar-refractivity contribution in [3.05, 3.63) is 71.8 Å². The molecule has 5 nitrogen and oxygen atoms in total. The van der Waals surface area contributed by atoms with Gasteiger partial charge in [-0.15, -0.1) is 0 Å².